The molecule has 1 amide bonds. The van der Waals surface area contributed by atoms with Gasteiger partial charge in [-0.2, -0.15) is 0 Å². The van der Waals surface area contributed by atoms with Crippen molar-refractivity contribution in [3.63, 3.8) is 0 Å². The Bertz CT molecular complexity index is 212. The van der Waals surface area contributed by atoms with Gasteiger partial charge in [-0.25, -0.2) is 0 Å². The molecule has 0 radical (unpaired) electrons. The zero-order chi connectivity index (χ0) is 12.0. The number of piperazine rings is 1. The maximum atomic E-state index is 12.4. The van der Waals surface area contributed by atoms with Crippen LogP contribution in [0.3, 0.4) is 0 Å². The lowest BCUT2D eigenvalue weighted by atomic mass is 9.95. The molecule has 3 nitrogen and oxygen atoms in total. The second-order valence-electron chi connectivity index (χ2n) is 4.86. The van der Waals surface area contributed by atoms with Crippen molar-refractivity contribution in [1.82, 2.24) is 10.2 Å². The van der Waals surface area contributed by atoms with Crippen molar-refractivity contribution in [1.29, 1.82) is 0 Å². The van der Waals surface area contributed by atoms with Gasteiger partial charge in [0, 0.05) is 31.6 Å². The molecule has 1 aliphatic heterocycles. The van der Waals surface area contributed by atoms with Crippen molar-refractivity contribution in [3.05, 3.63) is 0 Å². The van der Waals surface area contributed by atoms with Crippen LogP contribution in [0.5, 0.6) is 0 Å². The summed E-state index contributed by atoms with van der Waals surface area (Å²) in [7, 11) is 0. The van der Waals surface area contributed by atoms with Crippen molar-refractivity contribution in [2.75, 3.05) is 19.6 Å². The van der Waals surface area contributed by atoms with Crippen LogP contribution in [-0.4, -0.2) is 36.5 Å². The topological polar surface area (TPSA) is 32.3 Å². The molecule has 1 rings (SSSR count). The van der Waals surface area contributed by atoms with Crippen LogP contribution in [0, 0.1) is 5.92 Å². The van der Waals surface area contributed by atoms with Gasteiger partial charge in [0.15, 0.2) is 0 Å². The van der Waals surface area contributed by atoms with Gasteiger partial charge in [0.2, 0.25) is 5.91 Å². The minimum absolute atomic E-state index is 0.260. The van der Waals surface area contributed by atoms with E-state index in [4.69, 9.17) is 0 Å². The predicted octanol–water partition coefficient (Wildman–Crippen LogP) is 2.02. The first-order chi connectivity index (χ1) is 7.70. The van der Waals surface area contributed by atoms with E-state index < -0.39 is 0 Å². The molecular formula is C13H26N2O. The zero-order valence-corrected chi connectivity index (χ0v) is 11.0. The van der Waals surface area contributed by atoms with Crippen molar-refractivity contribution in [3.8, 4) is 0 Å². The number of carbonyl (C=O) groups excluding carboxylic acids is 1. The van der Waals surface area contributed by atoms with Gasteiger partial charge in [-0.1, -0.05) is 26.7 Å². The first-order valence-corrected chi connectivity index (χ1v) is 6.71. The number of nitrogens with one attached hydrogen (secondary N) is 1. The summed E-state index contributed by atoms with van der Waals surface area (Å²) >= 11 is 0. The summed E-state index contributed by atoms with van der Waals surface area (Å²) in [5.74, 6) is 0.647. The Balaban J connectivity index is 2.57. The molecule has 1 N–H and O–H groups in total. The van der Waals surface area contributed by atoms with Gasteiger partial charge in [0.1, 0.15) is 0 Å². The average molecular weight is 226 g/mol. The van der Waals surface area contributed by atoms with Crippen LogP contribution in [0.2, 0.25) is 0 Å². The van der Waals surface area contributed by atoms with E-state index in [1.165, 1.54) is 0 Å². The number of carbonyl (C=O) groups is 1. The van der Waals surface area contributed by atoms with E-state index in [0.29, 0.717) is 11.9 Å². The van der Waals surface area contributed by atoms with Crippen LogP contribution in [-0.2, 0) is 4.79 Å². The van der Waals surface area contributed by atoms with Crippen LogP contribution in [0.1, 0.15) is 46.5 Å². The SMILES string of the molecule is CCCC(CCC)C(=O)N1CCNCC1C. The second-order valence-corrected chi connectivity index (χ2v) is 4.86. The highest BCUT2D eigenvalue weighted by atomic mass is 16.2. The molecule has 94 valence electrons. The van der Waals surface area contributed by atoms with E-state index in [-0.39, 0.29) is 5.92 Å². The van der Waals surface area contributed by atoms with Gasteiger partial charge in [-0.15, -0.1) is 0 Å². The Labute approximate surface area is 99.6 Å². The standard InChI is InChI=1S/C13H26N2O/c1-4-6-12(7-5-2)13(16)15-9-8-14-10-11(15)3/h11-12,14H,4-10H2,1-3H3. The van der Waals surface area contributed by atoms with Crippen LogP contribution >= 0.6 is 0 Å². The molecule has 0 aliphatic carbocycles. The molecule has 1 atom stereocenters. The van der Waals surface area contributed by atoms with Crippen molar-refractivity contribution < 1.29 is 4.79 Å². The van der Waals surface area contributed by atoms with E-state index in [1.807, 2.05) is 0 Å². The first kappa shape index (κ1) is 13.5. The third-order valence-electron chi connectivity index (χ3n) is 3.41. The monoisotopic (exact) mass is 226 g/mol. The van der Waals surface area contributed by atoms with Crippen molar-refractivity contribution >= 4 is 5.91 Å². The second kappa shape index (κ2) is 6.89. The summed E-state index contributed by atoms with van der Waals surface area (Å²) in [6.45, 7) is 9.23. The number of nitrogens with zero attached hydrogens (tertiary/aromatic N) is 1. The van der Waals surface area contributed by atoms with Gasteiger partial charge in [-0.05, 0) is 19.8 Å². The molecule has 0 saturated carbocycles. The maximum absolute atomic E-state index is 12.4. The van der Waals surface area contributed by atoms with Gasteiger partial charge >= 0.3 is 0 Å². The number of hydrogen-bond donors (Lipinski definition) is 1. The number of rotatable bonds is 5. The summed E-state index contributed by atoms with van der Waals surface area (Å²) in [5.41, 5.74) is 0. The van der Waals surface area contributed by atoms with E-state index in [1.54, 1.807) is 0 Å². The van der Waals surface area contributed by atoms with E-state index in [2.05, 4.69) is 31.0 Å². The highest BCUT2D eigenvalue weighted by Gasteiger charge is 2.27. The lowest BCUT2D eigenvalue weighted by Gasteiger charge is -2.36. The predicted molar refractivity (Wildman–Crippen MR) is 67.4 cm³/mol. The normalized spacial score (nSPS) is 21.5. The Hall–Kier alpha value is -0.570. The molecule has 0 aromatic carbocycles. The van der Waals surface area contributed by atoms with Gasteiger partial charge in [0.05, 0.1) is 0 Å². The quantitative estimate of drug-likeness (QED) is 0.778. The summed E-state index contributed by atoms with van der Waals surface area (Å²) in [6, 6.07) is 0.359. The fourth-order valence-corrected chi connectivity index (χ4v) is 2.49. The fraction of sp³-hybridized carbons (Fsp3) is 0.923. The smallest absolute Gasteiger partial charge is 0.226 e. The minimum Gasteiger partial charge on any atom is -0.337 e. The first-order valence-electron chi connectivity index (χ1n) is 6.71. The summed E-state index contributed by atoms with van der Waals surface area (Å²) in [5, 5.41) is 3.33. The molecule has 0 aromatic heterocycles. The summed E-state index contributed by atoms with van der Waals surface area (Å²) in [4.78, 5) is 14.5. The highest BCUT2D eigenvalue weighted by molar-refractivity contribution is 5.79. The molecule has 1 unspecified atom stereocenters. The Kier molecular flexibility index (Phi) is 5.81. The Morgan fingerprint density at radius 2 is 2.00 bits per heavy atom. The van der Waals surface area contributed by atoms with Crippen molar-refractivity contribution in [2.24, 2.45) is 5.92 Å². The fourth-order valence-electron chi connectivity index (χ4n) is 2.49. The van der Waals surface area contributed by atoms with Crippen LogP contribution in [0.15, 0.2) is 0 Å². The number of hydrogen-bond acceptors (Lipinski definition) is 2. The zero-order valence-electron chi connectivity index (χ0n) is 11.0. The molecule has 0 aromatic rings. The molecule has 0 bridgehead atoms. The lowest BCUT2D eigenvalue weighted by molar-refractivity contribution is -0.138. The van der Waals surface area contributed by atoms with Crippen LogP contribution in [0.4, 0.5) is 0 Å². The minimum atomic E-state index is 0.260. The maximum Gasteiger partial charge on any atom is 0.226 e. The summed E-state index contributed by atoms with van der Waals surface area (Å²) < 4.78 is 0. The van der Waals surface area contributed by atoms with E-state index in [9.17, 15) is 4.79 Å². The molecule has 0 spiro atoms. The van der Waals surface area contributed by atoms with Crippen LogP contribution in [0.25, 0.3) is 0 Å². The Morgan fingerprint density at radius 1 is 1.38 bits per heavy atom. The molecule has 1 saturated heterocycles. The largest absolute Gasteiger partial charge is 0.337 e. The molecule has 1 heterocycles. The molecule has 1 aliphatic rings. The number of amides is 1. The van der Waals surface area contributed by atoms with Crippen molar-refractivity contribution in [2.45, 2.75) is 52.5 Å². The molecule has 16 heavy (non-hydrogen) atoms. The summed E-state index contributed by atoms with van der Waals surface area (Å²) in [6.07, 6.45) is 4.31. The van der Waals surface area contributed by atoms with E-state index >= 15 is 0 Å². The van der Waals surface area contributed by atoms with Gasteiger partial charge in [0.25, 0.3) is 0 Å². The average Bonchev–Trinajstić information content (AvgIpc) is 2.28. The molecule has 3 heteroatoms. The van der Waals surface area contributed by atoms with Gasteiger partial charge < -0.3 is 10.2 Å². The van der Waals surface area contributed by atoms with E-state index in [0.717, 1.165) is 45.3 Å². The third-order valence-corrected chi connectivity index (χ3v) is 3.41. The van der Waals surface area contributed by atoms with Gasteiger partial charge in [-0.3, -0.25) is 4.79 Å². The highest BCUT2D eigenvalue weighted by Crippen LogP contribution is 2.18. The lowest BCUT2D eigenvalue weighted by Crippen LogP contribution is -2.53. The molecular weight excluding hydrogens is 200 g/mol. The Morgan fingerprint density at radius 3 is 2.50 bits per heavy atom. The molecule has 1 fully saturated rings. The van der Waals surface area contributed by atoms with Crippen LogP contribution < -0.4 is 5.32 Å². The third kappa shape index (κ3) is 3.48.